The fraction of sp³-hybridized carbons (Fsp3) is 0.143. The average Bonchev–Trinajstić information content (AvgIpc) is 3.20. The van der Waals surface area contributed by atoms with Crippen LogP contribution in [0.25, 0.3) is 10.9 Å². The van der Waals surface area contributed by atoms with E-state index in [2.05, 4.69) is 84.9 Å². The second kappa shape index (κ2) is 5.34. The zero-order chi connectivity index (χ0) is 14.9. The Hall–Kier alpha value is -2.54. The van der Waals surface area contributed by atoms with Crippen molar-refractivity contribution in [2.75, 3.05) is 0 Å². The van der Waals surface area contributed by atoms with Crippen molar-refractivity contribution >= 4 is 10.9 Å². The Morgan fingerprint density at radius 1 is 1.05 bits per heavy atom. The van der Waals surface area contributed by atoms with Crippen molar-refractivity contribution in [3.05, 3.63) is 95.2 Å². The zero-order valence-electron chi connectivity index (χ0n) is 12.7. The van der Waals surface area contributed by atoms with E-state index in [9.17, 15) is 0 Å². The summed E-state index contributed by atoms with van der Waals surface area (Å²) in [6.45, 7) is 2.16. The monoisotopic (exact) mass is 285 g/mol. The van der Waals surface area contributed by atoms with Crippen LogP contribution in [0.4, 0.5) is 0 Å². The summed E-state index contributed by atoms with van der Waals surface area (Å²) < 4.78 is 0. The third-order valence-corrected chi connectivity index (χ3v) is 4.45. The highest BCUT2D eigenvalue weighted by Gasteiger charge is 2.21. The van der Waals surface area contributed by atoms with Gasteiger partial charge < -0.3 is 4.98 Å². The molecule has 0 radical (unpaired) electrons. The second-order valence-corrected chi connectivity index (χ2v) is 5.98. The molecule has 0 saturated carbocycles. The van der Waals surface area contributed by atoms with Crippen molar-refractivity contribution in [3.8, 4) is 0 Å². The van der Waals surface area contributed by atoms with E-state index >= 15 is 0 Å². The SMILES string of the molecule is Cc1ccc2[nH]cc(C(C3=CCC=C3)c3ccccc3)c2c1. The molecular formula is C21H19N. The van der Waals surface area contributed by atoms with Crippen LogP contribution in [-0.4, -0.2) is 4.98 Å². The molecule has 1 nitrogen and oxygen atoms in total. The molecule has 108 valence electrons. The van der Waals surface area contributed by atoms with Gasteiger partial charge in [-0.2, -0.15) is 0 Å². The van der Waals surface area contributed by atoms with Crippen LogP contribution in [-0.2, 0) is 0 Å². The van der Waals surface area contributed by atoms with Crippen LogP contribution >= 0.6 is 0 Å². The van der Waals surface area contributed by atoms with E-state index in [-0.39, 0.29) is 0 Å². The first-order valence-electron chi connectivity index (χ1n) is 7.82. The van der Waals surface area contributed by atoms with E-state index in [1.807, 2.05) is 0 Å². The van der Waals surface area contributed by atoms with Gasteiger partial charge in [0, 0.05) is 23.0 Å². The second-order valence-electron chi connectivity index (χ2n) is 5.98. The van der Waals surface area contributed by atoms with Crippen molar-refractivity contribution < 1.29 is 0 Å². The molecule has 1 atom stereocenters. The molecule has 0 saturated heterocycles. The summed E-state index contributed by atoms with van der Waals surface area (Å²) in [4.78, 5) is 3.44. The standard InChI is InChI=1S/C21H19N/c1-15-11-12-20-18(13-15)19(14-22-20)21(17-9-5-6-10-17)16-7-3-2-4-8-16/h2-5,7-14,21-22H,6H2,1H3. The lowest BCUT2D eigenvalue weighted by Gasteiger charge is -2.18. The highest BCUT2D eigenvalue weighted by molar-refractivity contribution is 5.85. The molecule has 1 heteroatoms. The van der Waals surface area contributed by atoms with Gasteiger partial charge in [-0.05, 0) is 42.2 Å². The molecule has 1 unspecified atom stereocenters. The van der Waals surface area contributed by atoms with Crippen LogP contribution in [0.15, 0.2) is 78.5 Å². The number of H-pyrrole nitrogens is 1. The molecule has 1 N–H and O–H groups in total. The molecule has 0 amide bonds. The molecular weight excluding hydrogens is 266 g/mol. The Morgan fingerprint density at radius 3 is 2.68 bits per heavy atom. The highest BCUT2D eigenvalue weighted by Crippen LogP contribution is 2.38. The number of aryl methyl sites for hydroxylation is 1. The Morgan fingerprint density at radius 2 is 1.91 bits per heavy atom. The van der Waals surface area contributed by atoms with Gasteiger partial charge in [0.2, 0.25) is 0 Å². The Bertz CT molecular complexity index is 865. The van der Waals surface area contributed by atoms with Crippen molar-refractivity contribution in [1.82, 2.24) is 4.98 Å². The maximum absolute atomic E-state index is 3.44. The van der Waals surface area contributed by atoms with Crippen LogP contribution < -0.4 is 0 Å². The number of nitrogens with one attached hydrogen (secondary N) is 1. The molecule has 0 aliphatic heterocycles. The van der Waals surface area contributed by atoms with Gasteiger partial charge in [-0.25, -0.2) is 0 Å². The predicted octanol–water partition coefficient (Wildman–Crippen LogP) is 5.49. The summed E-state index contributed by atoms with van der Waals surface area (Å²) in [6.07, 6.45) is 10.1. The van der Waals surface area contributed by atoms with Gasteiger partial charge in [0.15, 0.2) is 0 Å². The third-order valence-electron chi connectivity index (χ3n) is 4.45. The molecule has 1 aliphatic carbocycles. The number of fused-ring (bicyclic) bond motifs is 1. The number of rotatable bonds is 3. The summed E-state index contributed by atoms with van der Waals surface area (Å²) in [5.74, 6) is 0.301. The van der Waals surface area contributed by atoms with Gasteiger partial charge in [0.05, 0.1) is 0 Å². The van der Waals surface area contributed by atoms with Crippen molar-refractivity contribution in [2.24, 2.45) is 0 Å². The molecule has 0 spiro atoms. The summed E-state index contributed by atoms with van der Waals surface area (Å²) in [5, 5.41) is 1.33. The Labute approximate surface area is 131 Å². The van der Waals surface area contributed by atoms with E-state index < -0.39 is 0 Å². The summed E-state index contributed by atoms with van der Waals surface area (Å²) in [7, 11) is 0. The lowest BCUT2D eigenvalue weighted by molar-refractivity contribution is 0.989. The fourth-order valence-electron chi connectivity index (χ4n) is 3.38. The number of hydrogen-bond donors (Lipinski definition) is 1. The first kappa shape index (κ1) is 13.1. The molecule has 1 heterocycles. The minimum absolute atomic E-state index is 0.301. The number of hydrogen-bond acceptors (Lipinski definition) is 0. The fourth-order valence-corrected chi connectivity index (χ4v) is 3.38. The molecule has 3 aromatic rings. The van der Waals surface area contributed by atoms with E-state index in [0.717, 1.165) is 6.42 Å². The van der Waals surface area contributed by atoms with E-state index in [1.54, 1.807) is 0 Å². The van der Waals surface area contributed by atoms with E-state index in [4.69, 9.17) is 0 Å². The van der Waals surface area contributed by atoms with Crippen LogP contribution in [0.2, 0.25) is 0 Å². The van der Waals surface area contributed by atoms with Gasteiger partial charge in [-0.15, -0.1) is 0 Å². The van der Waals surface area contributed by atoms with Crippen LogP contribution in [0, 0.1) is 6.92 Å². The van der Waals surface area contributed by atoms with Crippen molar-refractivity contribution in [3.63, 3.8) is 0 Å². The number of allylic oxidation sites excluding steroid dienone is 4. The topological polar surface area (TPSA) is 15.8 Å². The molecule has 0 bridgehead atoms. The normalized spacial score (nSPS) is 15.2. The number of aromatic amines is 1. The average molecular weight is 285 g/mol. The smallest absolute Gasteiger partial charge is 0.0457 e. The predicted molar refractivity (Wildman–Crippen MR) is 93.2 cm³/mol. The van der Waals surface area contributed by atoms with Crippen molar-refractivity contribution in [2.45, 2.75) is 19.3 Å². The third kappa shape index (κ3) is 2.19. The van der Waals surface area contributed by atoms with Gasteiger partial charge in [0.1, 0.15) is 0 Å². The largest absolute Gasteiger partial charge is 0.361 e. The van der Waals surface area contributed by atoms with Gasteiger partial charge in [-0.1, -0.05) is 60.2 Å². The zero-order valence-corrected chi connectivity index (χ0v) is 12.7. The molecule has 1 aromatic heterocycles. The number of aromatic nitrogens is 1. The lowest BCUT2D eigenvalue weighted by Crippen LogP contribution is -2.02. The highest BCUT2D eigenvalue weighted by atomic mass is 14.7. The van der Waals surface area contributed by atoms with E-state index in [1.165, 1.54) is 33.2 Å². The van der Waals surface area contributed by atoms with Gasteiger partial charge >= 0.3 is 0 Å². The minimum atomic E-state index is 0.301. The first-order chi connectivity index (χ1) is 10.8. The van der Waals surface area contributed by atoms with Gasteiger partial charge in [0.25, 0.3) is 0 Å². The maximum atomic E-state index is 3.44. The number of benzene rings is 2. The van der Waals surface area contributed by atoms with E-state index in [0.29, 0.717) is 5.92 Å². The van der Waals surface area contributed by atoms with Crippen LogP contribution in [0.5, 0.6) is 0 Å². The van der Waals surface area contributed by atoms with Crippen LogP contribution in [0.3, 0.4) is 0 Å². The Balaban J connectivity index is 1.93. The molecule has 4 rings (SSSR count). The Kier molecular flexibility index (Phi) is 3.19. The maximum Gasteiger partial charge on any atom is 0.0457 e. The molecule has 2 aromatic carbocycles. The molecule has 0 fully saturated rings. The molecule has 1 aliphatic rings. The summed E-state index contributed by atoms with van der Waals surface area (Å²) in [5.41, 5.74) is 6.62. The van der Waals surface area contributed by atoms with Crippen LogP contribution in [0.1, 0.15) is 29.0 Å². The minimum Gasteiger partial charge on any atom is -0.361 e. The summed E-state index contributed by atoms with van der Waals surface area (Å²) >= 11 is 0. The first-order valence-corrected chi connectivity index (χ1v) is 7.82. The van der Waals surface area contributed by atoms with Crippen molar-refractivity contribution in [1.29, 1.82) is 0 Å². The van der Waals surface area contributed by atoms with Gasteiger partial charge in [-0.3, -0.25) is 0 Å². The summed E-state index contributed by atoms with van der Waals surface area (Å²) in [6, 6.07) is 17.4. The quantitative estimate of drug-likeness (QED) is 0.654. The lowest BCUT2D eigenvalue weighted by atomic mass is 9.85. The molecule has 22 heavy (non-hydrogen) atoms.